The summed E-state index contributed by atoms with van der Waals surface area (Å²) >= 11 is 0. The van der Waals surface area contributed by atoms with Crippen LogP contribution in [0.2, 0.25) is 0 Å². The number of hydrogen-bond donors (Lipinski definition) is 1. The van der Waals surface area contributed by atoms with Crippen LogP contribution in [0.5, 0.6) is 0 Å². The molecular formula is C18H32N2. The van der Waals surface area contributed by atoms with Crippen LogP contribution in [0.15, 0.2) is 24.3 Å². The molecule has 0 amide bonds. The Morgan fingerprint density at radius 2 is 1.55 bits per heavy atom. The number of hydrogen-bond acceptors (Lipinski definition) is 2. The van der Waals surface area contributed by atoms with E-state index in [4.69, 9.17) is 0 Å². The lowest BCUT2D eigenvalue weighted by molar-refractivity contribution is 0.462. The SMILES string of the molecule is CCC(C)CC(CC)Nc1ccc(N(CC)CC)cc1. The molecule has 1 N–H and O–H groups in total. The second kappa shape index (κ2) is 8.89. The monoisotopic (exact) mass is 276 g/mol. The highest BCUT2D eigenvalue weighted by atomic mass is 15.1. The first-order valence-electron chi connectivity index (χ1n) is 8.25. The molecule has 0 fully saturated rings. The first-order valence-corrected chi connectivity index (χ1v) is 8.25. The zero-order valence-electron chi connectivity index (χ0n) is 13.9. The van der Waals surface area contributed by atoms with Crippen molar-refractivity contribution in [3.63, 3.8) is 0 Å². The van der Waals surface area contributed by atoms with Crippen molar-refractivity contribution in [1.82, 2.24) is 0 Å². The molecule has 2 heteroatoms. The van der Waals surface area contributed by atoms with E-state index in [0.717, 1.165) is 19.0 Å². The molecular weight excluding hydrogens is 244 g/mol. The Kier molecular flexibility index (Phi) is 7.50. The summed E-state index contributed by atoms with van der Waals surface area (Å²) in [5.41, 5.74) is 2.56. The third kappa shape index (κ3) is 5.07. The van der Waals surface area contributed by atoms with Gasteiger partial charge in [-0.1, -0.05) is 27.2 Å². The smallest absolute Gasteiger partial charge is 0.0367 e. The van der Waals surface area contributed by atoms with Crippen LogP contribution in [0, 0.1) is 5.92 Å². The maximum absolute atomic E-state index is 3.68. The highest BCUT2D eigenvalue weighted by Crippen LogP contribution is 2.21. The first kappa shape index (κ1) is 16.9. The Hall–Kier alpha value is -1.18. The van der Waals surface area contributed by atoms with Crippen molar-refractivity contribution in [2.24, 2.45) is 5.92 Å². The van der Waals surface area contributed by atoms with Gasteiger partial charge in [0.05, 0.1) is 0 Å². The molecule has 0 aliphatic heterocycles. The normalized spacial score (nSPS) is 13.8. The van der Waals surface area contributed by atoms with Gasteiger partial charge in [0, 0.05) is 30.5 Å². The molecule has 0 bridgehead atoms. The van der Waals surface area contributed by atoms with Gasteiger partial charge in [0.15, 0.2) is 0 Å². The van der Waals surface area contributed by atoms with Gasteiger partial charge < -0.3 is 10.2 Å². The topological polar surface area (TPSA) is 15.3 Å². The summed E-state index contributed by atoms with van der Waals surface area (Å²) in [6, 6.07) is 9.47. The summed E-state index contributed by atoms with van der Waals surface area (Å²) in [6.07, 6.45) is 3.70. The van der Waals surface area contributed by atoms with Gasteiger partial charge in [-0.15, -0.1) is 0 Å². The molecule has 1 aromatic rings. The molecule has 1 aromatic carbocycles. The van der Waals surface area contributed by atoms with E-state index in [-0.39, 0.29) is 0 Å². The lowest BCUT2D eigenvalue weighted by Gasteiger charge is -2.23. The third-order valence-electron chi connectivity index (χ3n) is 4.24. The summed E-state index contributed by atoms with van der Waals surface area (Å²) < 4.78 is 0. The molecule has 0 saturated heterocycles. The fourth-order valence-electron chi connectivity index (χ4n) is 2.57. The van der Waals surface area contributed by atoms with Gasteiger partial charge in [-0.3, -0.25) is 0 Å². The quantitative estimate of drug-likeness (QED) is 0.670. The summed E-state index contributed by atoms with van der Waals surface area (Å²) in [5.74, 6) is 0.794. The van der Waals surface area contributed by atoms with Crippen molar-refractivity contribution in [2.75, 3.05) is 23.3 Å². The van der Waals surface area contributed by atoms with E-state index in [9.17, 15) is 0 Å². The van der Waals surface area contributed by atoms with Gasteiger partial charge in [-0.2, -0.15) is 0 Å². The van der Waals surface area contributed by atoms with E-state index in [2.05, 4.69) is 69.1 Å². The van der Waals surface area contributed by atoms with Crippen molar-refractivity contribution in [3.8, 4) is 0 Å². The van der Waals surface area contributed by atoms with E-state index in [1.807, 2.05) is 0 Å². The molecule has 20 heavy (non-hydrogen) atoms. The van der Waals surface area contributed by atoms with Gasteiger partial charge >= 0.3 is 0 Å². The second-order valence-corrected chi connectivity index (χ2v) is 5.72. The lowest BCUT2D eigenvalue weighted by atomic mass is 9.97. The second-order valence-electron chi connectivity index (χ2n) is 5.72. The highest BCUT2D eigenvalue weighted by molar-refractivity contribution is 5.55. The molecule has 0 aliphatic carbocycles. The Morgan fingerprint density at radius 3 is 2.00 bits per heavy atom. The standard InChI is InChI=1S/C18H32N2/c1-6-15(5)14-16(7-2)19-17-10-12-18(13-11-17)20(8-3)9-4/h10-13,15-16,19H,6-9,14H2,1-5H3. The fourth-order valence-corrected chi connectivity index (χ4v) is 2.57. The van der Waals surface area contributed by atoms with Crippen LogP contribution in [0.1, 0.15) is 53.9 Å². The van der Waals surface area contributed by atoms with Gasteiger partial charge in [-0.25, -0.2) is 0 Å². The molecule has 0 saturated carbocycles. The maximum Gasteiger partial charge on any atom is 0.0367 e. The predicted octanol–water partition coefficient (Wildman–Crippen LogP) is 5.16. The average molecular weight is 276 g/mol. The minimum Gasteiger partial charge on any atom is -0.382 e. The van der Waals surface area contributed by atoms with Crippen molar-refractivity contribution in [1.29, 1.82) is 0 Å². The van der Waals surface area contributed by atoms with Crippen LogP contribution in [0.3, 0.4) is 0 Å². The molecule has 2 unspecified atom stereocenters. The van der Waals surface area contributed by atoms with Crippen LogP contribution in [-0.4, -0.2) is 19.1 Å². The number of rotatable bonds is 9. The number of nitrogens with one attached hydrogen (secondary N) is 1. The number of nitrogens with zero attached hydrogens (tertiary/aromatic N) is 1. The highest BCUT2D eigenvalue weighted by Gasteiger charge is 2.10. The summed E-state index contributed by atoms with van der Waals surface area (Å²) in [5, 5.41) is 3.68. The Bertz CT molecular complexity index is 354. The molecule has 0 spiro atoms. The van der Waals surface area contributed by atoms with E-state index in [1.54, 1.807) is 0 Å². The fraction of sp³-hybridized carbons (Fsp3) is 0.667. The third-order valence-corrected chi connectivity index (χ3v) is 4.24. The number of anilines is 2. The van der Waals surface area contributed by atoms with Gasteiger partial charge in [-0.05, 0) is 56.9 Å². The van der Waals surface area contributed by atoms with E-state index < -0.39 is 0 Å². The van der Waals surface area contributed by atoms with Crippen molar-refractivity contribution >= 4 is 11.4 Å². The van der Waals surface area contributed by atoms with E-state index in [1.165, 1.54) is 30.6 Å². The van der Waals surface area contributed by atoms with Crippen molar-refractivity contribution in [3.05, 3.63) is 24.3 Å². The first-order chi connectivity index (χ1) is 9.64. The predicted molar refractivity (Wildman–Crippen MR) is 91.8 cm³/mol. The Morgan fingerprint density at radius 1 is 0.950 bits per heavy atom. The van der Waals surface area contributed by atoms with Crippen LogP contribution in [0.25, 0.3) is 0 Å². The maximum atomic E-state index is 3.68. The van der Waals surface area contributed by atoms with Gasteiger partial charge in [0.1, 0.15) is 0 Å². The van der Waals surface area contributed by atoms with Crippen LogP contribution in [-0.2, 0) is 0 Å². The molecule has 0 heterocycles. The zero-order chi connectivity index (χ0) is 15.0. The molecule has 2 atom stereocenters. The summed E-state index contributed by atoms with van der Waals surface area (Å²) in [4.78, 5) is 2.38. The van der Waals surface area contributed by atoms with Crippen molar-refractivity contribution in [2.45, 2.75) is 59.9 Å². The minimum atomic E-state index is 0.587. The van der Waals surface area contributed by atoms with Crippen LogP contribution in [0.4, 0.5) is 11.4 Å². The minimum absolute atomic E-state index is 0.587. The molecule has 0 aromatic heterocycles. The van der Waals surface area contributed by atoms with Crippen molar-refractivity contribution < 1.29 is 0 Å². The van der Waals surface area contributed by atoms with Gasteiger partial charge in [0.25, 0.3) is 0 Å². The molecule has 2 nitrogen and oxygen atoms in total. The summed E-state index contributed by atoms with van der Waals surface area (Å²) in [7, 11) is 0. The van der Waals surface area contributed by atoms with Crippen LogP contribution >= 0.6 is 0 Å². The average Bonchev–Trinajstić information content (AvgIpc) is 2.49. The van der Waals surface area contributed by atoms with E-state index in [0.29, 0.717) is 6.04 Å². The van der Waals surface area contributed by atoms with E-state index >= 15 is 0 Å². The van der Waals surface area contributed by atoms with Crippen LogP contribution < -0.4 is 10.2 Å². The molecule has 1 rings (SSSR count). The summed E-state index contributed by atoms with van der Waals surface area (Å²) in [6.45, 7) is 13.4. The largest absolute Gasteiger partial charge is 0.382 e. The van der Waals surface area contributed by atoms with Gasteiger partial charge in [0.2, 0.25) is 0 Å². The lowest BCUT2D eigenvalue weighted by Crippen LogP contribution is -2.22. The zero-order valence-corrected chi connectivity index (χ0v) is 13.9. The molecule has 114 valence electrons. The number of benzene rings is 1. The molecule has 0 radical (unpaired) electrons. The Balaban J connectivity index is 2.63. The Labute approximate surface area is 125 Å². The molecule has 0 aliphatic rings.